The van der Waals surface area contributed by atoms with Gasteiger partial charge in [-0.1, -0.05) is 24.3 Å². The van der Waals surface area contributed by atoms with Crippen LogP contribution >= 0.6 is 11.8 Å². The molecule has 0 aliphatic rings. The van der Waals surface area contributed by atoms with Crippen molar-refractivity contribution in [1.82, 2.24) is 25.1 Å². The zero-order chi connectivity index (χ0) is 19.3. The van der Waals surface area contributed by atoms with E-state index in [1.54, 1.807) is 11.0 Å². The third-order valence-corrected chi connectivity index (χ3v) is 4.23. The summed E-state index contributed by atoms with van der Waals surface area (Å²) in [6, 6.07) is 10.2. The molecular weight excluding hydrogens is 379 g/mol. The minimum atomic E-state index is -4.51. The minimum absolute atomic E-state index is 0.112. The lowest BCUT2D eigenvalue weighted by molar-refractivity contribution is -0.0329. The average Bonchev–Trinajstić information content (AvgIpc) is 3.12. The van der Waals surface area contributed by atoms with Crippen LogP contribution in [0.4, 0.5) is 13.2 Å². The Bertz CT molecular complexity index is 915. The molecule has 1 amide bonds. The van der Waals surface area contributed by atoms with Crippen molar-refractivity contribution < 1.29 is 18.0 Å². The second kappa shape index (κ2) is 8.21. The van der Waals surface area contributed by atoms with Crippen LogP contribution in [0.3, 0.4) is 0 Å². The quantitative estimate of drug-likeness (QED) is 0.651. The predicted molar refractivity (Wildman–Crippen MR) is 92.9 cm³/mol. The molecule has 0 radical (unpaired) electrons. The van der Waals surface area contributed by atoms with Gasteiger partial charge in [-0.15, -0.1) is 0 Å². The monoisotopic (exact) mass is 393 g/mol. The summed E-state index contributed by atoms with van der Waals surface area (Å²) < 4.78 is 39.5. The number of carbonyl (C=O) groups is 1. The van der Waals surface area contributed by atoms with Crippen LogP contribution < -0.4 is 5.32 Å². The number of rotatable bonds is 6. The van der Waals surface area contributed by atoms with Crippen LogP contribution in [0.5, 0.6) is 0 Å². The van der Waals surface area contributed by atoms with Crippen molar-refractivity contribution in [3.05, 3.63) is 71.9 Å². The van der Waals surface area contributed by atoms with Gasteiger partial charge in [0.1, 0.15) is 17.7 Å². The van der Waals surface area contributed by atoms with Crippen LogP contribution in [0.2, 0.25) is 0 Å². The van der Waals surface area contributed by atoms with Crippen molar-refractivity contribution in [2.75, 3.05) is 0 Å². The zero-order valence-corrected chi connectivity index (χ0v) is 14.7. The number of pyridine rings is 1. The van der Waals surface area contributed by atoms with Crippen LogP contribution in [-0.4, -0.2) is 31.2 Å². The van der Waals surface area contributed by atoms with Crippen LogP contribution in [-0.2, 0) is 13.1 Å². The maximum atomic E-state index is 12.6. The van der Waals surface area contributed by atoms with Crippen LogP contribution in [0.25, 0.3) is 0 Å². The third-order valence-electron chi connectivity index (χ3n) is 3.48. The summed E-state index contributed by atoms with van der Waals surface area (Å²) >= 11 is -0.406. The summed E-state index contributed by atoms with van der Waals surface area (Å²) in [6.45, 7) is 0.700. The molecule has 0 bridgehead atoms. The smallest absolute Gasteiger partial charge is 0.348 e. The zero-order valence-electron chi connectivity index (χ0n) is 13.8. The summed E-state index contributed by atoms with van der Waals surface area (Å²) in [5.41, 5.74) is -2.85. The molecule has 1 aromatic carbocycles. The molecule has 27 heavy (non-hydrogen) atoms. The number of aromatic nitrogens is 4. The highest BCUT2D eigenvalue weighted by Gasteiger charge is 2.32. The standard InChI is InChI=1S/C17H14F3N5OS/c18-17(19,20)27-16-14(5-2-6-22-16)15(26)23-8-12-3-1-4-13(7-12)9-25-11-21-10-24-25/h1-7,10-11H,8-9H2,(H,23,26). The number of hydrogen-bond donors (Lipinski definition) is 1. The van der Waals surface area contributed by atoms with E-state index in [9.17, 15) is 18.0 Å². The number of benzene rings is 1. The van der Waals surface area contributed by atoms with E-state index in [4.69, 9.17) is 0 Å². The normalized spacial score (nSPS) is 11.4. The number of carbonyl (C=O) groups excluding carboxylic acids is 1. The molecule has 3 rings (SSSR count). The van der Waals surface area contributed by atoms with Gasteiger partial charge in [-0.05, 0) is 23.3 Å². The van der Waals surface area contributed by atoms with E-state index in [-0.39, 0.29) is 17.1 Å². The van der Waals surface area contributed by atoms with Gasteiger partial charge in [0.2, 0.25) is 0 Å². The number of hydrogen-bond acceptors (Lipinski definition) is 5. The molecule has 2 aromatic heterocycles. The first kappa shape index (κ1) is 18.9. The van der Waals surface area contributed by atoms with Crippen molar-refractivity contribution in [2.45, 2.75) is 23.6 Å². The second-order valence-electron chi connectivity index (χ2n) is 5.50. The molecule has 0 atom stereocenters. The van der Waals surface area contributed by atoms with Crippen LogP contribution in [0.15, 0.2) is 60.3 Å². The number of amides is 1. The molecule has 0 spiro atoms. The highest BCUT2D eigenvalue weighted by molar-refractivity contribution is 8.00. The summed E-state index contributed by atoms with van der Waals surface area (Å²) in [4.78, 5) is 19.8. The Kier molecular flexibility index (Phi) is 5.75. The van der Waals surface area contributed by atoms with Crippen molar-refractivity contribution in [2.24, 2.45) is 0 Å². The van der Waals surface area contributed by atoms with Crippen molar-refractivity contribution in [3.63, 3.8) is 0 Å². The van der Waals surface area contributed by atoms with Crippen molar-refractivity contribution in [3.8, 4) is 0 Å². The number of alkyl halides is 3. The Morgan fingerprint density at radius 3 is 2.74 bits per heavy atom. The SMILES string of the molecule is O=C(NCc1cccc(Cn2cncn2)c1)c1cccnc1SC(F)(F)F. The summed E-state index contributed by atoms with van der Waals surface area (Å²) in [7, 11) is 0. The molecule has 1 N–H and O–H groups in total. The molecular formula is C17H14F3N5OS. The van der Waals surface area contributed by atoms with Gasteiger partial charge in [0.15, 0.2) is 0 Å². The minimum Gasteiger partial charge on any atom is -0.348 e. The van der Waals surface area contributed by atoms with Crippen molar-refractivity contribution in [1.29, 1.82) is 0 Å². The van der Waals surface area contributed by atoms with Gasteiger partial charge in [-0.25, -0.2) is 14.6 Å². The summed E-state index contributed by atoms with van der Waals surface area (Å²) in [5.74, 6) is -0.614. The molecule has 0 unspecified atom stereocenters. The van der Waals surface area contributed by atoms with Crippen LogP contribution in [0, 0.1) is 0 Å². The molecule has 10 heteroatoms. The lowest BCUT2D eigenvalue weighted by Gasteiger charge is -2.11. The number of thioether (sulfide) groups is 1. The maximum absolute atomic E-state index is 12.6. The molecule has 0 saturated heterocycles. The van der Waals surface area contributed by atoms with E-state index in [0.717, 1.165) is 11.1 Å². The van der Waals surface area contributed by atoms with E-state index in [0.29, 0.717) is 6.54 Å². The molecule has 6 nitrogen and oxygen atoms in total. The van der Waals surface area contributed by atoms with Gasteiger partial charge < -0.3 is 5.32 Å². The van der Waals surface area contributed by atoms with Gasteiger partial charge in [-0.3, -0.25) is 4.79 Å². The Morgan fingerprint density at radius 1 is 1.19 bits per heavy atom. The fraction of sp³-hybridized carbons (Fsp3) is 0.176. The van der Waals surface area contributed by atoms with Crippen LogP contribution in [0.1, 0.15) is 21.5 Å². The molecule has 0 aliphatic heterocycles. The molecule has 140 valence electrons. The number of nitrogens with zero attached hydrogens (tertiary/aromatic N) is 4. The van der Waals surface area contributed by atoms with Gasteiger partial charge in [0.05, 0.1) is 12.1 Å². The number of halogens is 3. The molecule has 0 saturated carbocycles. The Morgan fingerprint density at radius 2 is 2.00 bits per heavy atom. The predicted octanol–water partition coefficient (Wildman–Crippen LogP) is 3.26. The highest BCUT2D eigenvalue weighted by Crippen LogP contribution is 2.37. The van der Waals surface area contributed by atoms with Gasteiger partial charge >= 0.3 is 5.51 Å². The Hall–Kier alpha value is -2.88. The lowest BCUT2D eigenvalue weighted by atomic mass is 10.1. The van der Waals surface area contributed by atoms with Gasteiger partial charge in [-0.2, -0.15) is 18.3 Å². The Balaban J connectivity index is 1.66. The van der Waals surface area contributed by atoms with E-state index >= 15 is 0 Å². The van der Waals surface area contributed by atoms with Crippen molar-refractivity contribution >= 4 is 17.7 Å². The first-order chi connectivity index (χ1) is 12.9. The van der Waals surface area contributed by atoms with E-state index in [1.807, 2.05) is 24.3 Å². The largest absolute Gasteiger partial charge is 0.447 e. The Labute approximate surface area is 156 Å². The fourth-order valence-corrected chi connectivity index (χ4v) is 2.98. The van der Waals surface area contributed by atoms with E-state index in [1.165, 1.54) is 24.7 Å². The van der Waals surface area contributed by atoms with E-state index < -0.39 is 23.2 Å². The second-order valence-corrected chi connectivity index (χ2v) is 6.55. The number of nitrogens with one attached hydrogen (secondary N) is 1. The fourth-order valence-electron chi connectivity index (χ4n) is 2.37. The van der Waals surface area contributed by atoms with Gasteiger partial charge in [0.25, 0.3) is 5.91 Å². The lowest BCUT2D eigenvalue weighted by Crippen LogP contribution is -2.24. The van der Waals surface area contributed by atoms with Gasteiger partial charge in [0, 0.05) is 24.5 Å². The first-order valence-corrected chi connectivity index (χ1v) is 8.61. The topological polar surface area (TPSA) is 72.7 Å². The first-order valence-electron chi connectivity index (χ1n) is 7.80. The summed E-state index contributed by atoms with van der Waals surface area (Å²) in [6.07, 6.45) is 4.25. The molecule has 0 fully saturated rings. The van der Waals surface area contributed by atoms with E-state index in [2.05, 4.69) is 20.4 Å². The maximum Gasteiger partial charge on any atom is 0.447 e. The highest BCUT2D eigenvalue weighted by atomic mass is 32.2. The molecule has 3 aromatic rings. The third kappa shape index (κ3) is 5.55. The molecule has 0 aliphatic carbocycles. The summed E-state index contributed by atoms with van der Waals surface area (Å²) in [5, 5.41) is 6.29. The average molecular weight is 393 g/mol. The molecule has 2 heterocycles.